The Kier molecular flexibility index (Phi) is 10.9. The van der Waals surface area contributed by atoms with E-state index < -0.39 is 0 Å². The fraction of sp³-hybridized carbons (Fsp3) is 0.968. The average Bonchev–Trinajstić information content (AvgIpc) is 2.94. The molecule has 216 valence electrons. The predicted molar refractivity (Wildman–Crippen MR) is 148 cm³/mol. The highest BCUT2D eigenvalue weighted by Gasteiger charge is 2.47. The molecule has 3 fully saturated rings. The van der Waals surface area contributed by atoms with E-state index in [0.717, 1.165) is 12.8 Å². The van der Waals surface area contributed by atoms with E-state index in [0.29, 0.717) is 54.4 Å². The van der Waals surface area contributed by atoms with Gasteiger partial charge < -0.3 is 24.3 Å². The number of carbonyl (C=O) groups is 1. The Bertz CT molecular complexity index is 732. The van der Waals surface area contributed by atoms with Crippen LogP contribution in [0.2, 0.25) is 0 Å². The lowest BCUT2D eigenvalue weighted by Crippen LogP contribution is -2.54. The molecule has 6 heteroatoms. The minimum absolute atomic E-state index is 0.0439. The van der Waals surface area contributed by atoms with Gasteiger partial charge >= 0.3 is 0 Å². The van der Waals surface area contributed by atoms with Crippen molar-refractivity contribution in [2.45, 2.75) is 132 Å². The topological polar surface area (TPSA) is 66.0 Å². The number of nitrogens with one attached hydrogen (secondary N) is 1. The molecule has 0 bridgehead atoms. The fourth-order valence-electron chi connectivity index (χ4n) is 7.13. The molecule has 15 unspecified atom stereocenters. The molecule has 6 nitrogen and oxygen atoms in total. The summed E-state index contributed by atoms with van der Waals surface area (Å²) in [6, 6.07) is 0. The van der Waals surface area contributed by atoms with Gasteiger partial charge in [0.15, 0.2) is 12.6 Å². The van der Waals surface area contributed by atoms with E-state index >= 15 is 0 Å². The third kappa shape index (κ3) is 7.10. The van der Waals surface area contributed by atoms with Crippen LogP contribution in [-0.4, -0.2) is 49.4 Å². The van der Waals surface area contributed by atoms with Gasteiger partial charge in [-0.15, -0.1) is 0 Å². The largest absolute Gasteiger partial charge is 0.353 e. The van der Waals surface area contributed by atoms with E-state index in [2.05, 4.69) is 74.6 Å². The molecular formula is C31H57NO5. The van der Waals surface area contributed by atoms with Gasteiger partial charge in [0.25, 0.3) is 0 Å². The quantitative estimate of drug-likeness (QED) is 0.426. The second-order valence-electron chi connectivity index (χ2n) is 13.3. The van der Waals surface area contributed by atoms with Gasteiger partial charge in [-0.05, 0) is 55.3 Å². The van der Waals surface area contributed by atoms with Gasteiger partial charge in [0, 0.05) is 30.7 Å². The molecule has 0 aromatic carbocycles. The first-order valence-corrected chi connectivity index (χ1v) is 15.2. The first-order valence-electron chi connectivity index (χ1n) is 15.2. The lowest BCUT2D eigenvalue weighted by Gasteiger charge is -2.49. The standard InChI is InChI=1S/C31H57NO5/c1-12-27(33)32-15-26-22(8)21(7)23(9)31(35-26)37-29-18(4)14-17(3)28(24(29)10)36-30-19(5)13-16(2)20(6)25(11)34-30/h16-26,28-31H,12-15H2,1-11H3,(H,32,33). The Hall–Kier alpha value is -0.690. The molecule has 0 aromatic rings. The highest BCUT2D eigenvalue weighted by atomic mass is 16.7. The van der Waals surface area contributed by atoms with Crippen molar-refractivity contribution in [1.82, 2.24) is 5.32 Å². The van der Waals surface area contributed by atoms with E-state index in [1.54, 1.807) is 0 Å². The molecule has 0 radical (unpaired) electrons. The maximum Gasteiger partial charge on any atom is 0.219 e. The molecule has 2 saturated heterocycles. The SMILES string of the molecule is CCC(=O)NCC1OC(OC2C(C)CC(C)C(OC3OC(C)C(C)C(C)CC3C)C2C)C(C)C(C)C1C. The van der Waals surface area contributed by atoms with Crippen LogP contribution in [0.1, 0.15) is 95.4 Å². The zero-order valence-electron chi connectivity index (χ0n) is 25.5. The van der Waals surface area contributed by atoms with E-state index in [-0.39, 0.29) is 54.7 Å². The van der Waals surface area contributed by atoms with Crippen molar-refractivity contribution in [2.75, 3.05) is 6.54 Å². The van der Waals surface area contributed by atoms with Crippen LogP contribution < -0.4 is 5.32 Å². The van der Waals surface area contributed by atoms with E-state index in [9.17, 15) is 4.79 Å². The Morgan fingerprint density at radius 1 is 0.676 bits per heavy atom. The maximum absolute atomic E-state index is 11.9. The van der Waals surface area contributed by atoms with Crippen molar-refractivity contribution in [3.05, 3.63) is 0 Å². The van der Waals surface area contributed by atoms with Gasteiger partial charge in [-0.25, -0.2) is 0 Å². The number of ether oxygens (including phenoxy) is 4. The van der Waals surface area contributed by atoms with Gasteiger partial charge in [0.2, 0.25) is 5.91 Å². The average molecular weight is 524 g/mol. The van der Waals surface area contributed by atoms with Crippen molar-refractivity contribution < 1.29 is 23.7 Å². The molecule has 1 saturated carbocycles. The summed E-state index contributed by atoms with van der Waals surface area (Å²) in [5, 5.41) is 3.03. The van der Waals surface area contributed by atoms with Crippen LogP contribution in [0.5, 0.6) is 0 Å². The number of amides is 1. The lowest BCUT2D eigenvalue weighted by molar-refractivity contribution is -0.296. The van der Waals surface area contributed by atoms with E-state index in [1.165, 1.54) is 0 Å². The maximum atomic E-state index is 11.9. The highest BCUT2D eigenvalue weighted by Crippen LogP contribution is 2.43. The third-order valence-corrected chi connectivity index (χ3v) is 10.5. The zero-order chi connectivity index (χ0) is 27.6. The summed E-state index contributed by atoms with van der Waals surface area (Å²) < 4.78 is 26.8. The number of carbonyl (C=O) groups excluding carboxylic acids is 1. The highest BCUT2D eigenvalue weighted by molar-refractivity contribution is 5.75. The van der Waals surface area contributed by atoms with Crippen molar-refractivity contribution in [1.29, 1.82) is 0 Å². The summed E-state index contributed by atoms with van der Waals surface area (Å²) >= 11 is 0. The van der Waals surface area contributed by atoms with E-state index in [4.69, 9.17) is 18.9 Å². The van der Waals surface area contributed by atoms with Crippen LogP contribution in [-0.2, 0) is 23.7 Å². The minimum Gasteiger partial charge on any atom is -0.353 e. The van der Waals surface area contributed by atoms with E-state index in [1.807, 2.05) is 6.92 Å². The second-order valence-corrected chi connectivity index (χ2v) is 13.3. The number of hydrogen-bond donors (Lipinski definition) is 1. The number of hydrogen-bond acceptors (Lipinski definition) is 5. The molecule has 3 rings (SSSR count). The predicted octanol–water partition coefficient (Wildman–Crippen LogP) is 6.27. The van der Waals surface area contributed by atoms with Gasteiger partial charge in [-0.2, -0.15) is 0 Å². The lowest BCUT2D eigenvalue weighted by atomic mass is 9.72. The fourth-order valence-corrected chi connectivity index (χ4v) is 7.13. The van der Waals surface area contributed by atoms with Crippen LogP contribution >= 0.6 is 0 Å². The van der Waals surface area contributed by atoms with Crippen LogP contribution in [0.25, 0.3) is 0 Å². The number of rotatable bonds is 7. The summed E-state index contributed by atoms with van der Waals surface area (Å²) in [5.41, 5.74) is 0. The zero-order valence-corrected chi connectivity index (χ0v) is 25.5. The minimum atomic E-state index is -0.284. The molecule has 15 atom stereocenters. The Labute approximate surface area is 227 Å². The Balaban J connectivity index is 1.71. The van der Waals surface area contributed by atoms with Crippen molar-refractivity contribution >= 4 is 5.91 Å². The summed E-state index contributed by atoms with van der Waals surface area (Å²) in [6.45, 7) is 25.2. The summed E-state index contributed by atoms with van der Waals surface area (Å²) in [4.78, 5) is 11.9. The van der Waals surface area contributed by atoms with Gasteiger partial charge in [-0.3, -0.25) is 4.79 Å². The molecule has 0 spiro atoms. The monoisotopic (exact) mass is 523 g/mol. The smallest absolute Gasteiger partial charge is 0.219 e. The molecule has 37 heavy (non-hydrogen) atoms. The molecule has 1 amide bonds. The molecule has 3 aliphatic rings. The van der Waals surface area contributed by atoms with Gasteiger partial charge in [0.1, 0.15) is 0 Å². The first kappa shape index (κ1) is 30.8. The molecule has 1 aliphatic carbocycles. The molecule has 0 aromatic heterocycles. The van der Waals surface area contributed by atoms with Gasteiger partial charge in [0.05, 0.1) is 24.4 Å². The molecule has 1 N–H and O–H groups in total. The molecule has 2 aliphatic heterocycles. The van der Waals surface area contributed by atoms with Crippen molar-refractivity contribution in [2.24, 2.45) is 53.3 Å². The van der Waals surface area contributed by atoms with Crippen LogP contribution in [0.15, 0.2) is 0 Å². The van der Waals surface area contributed by atoms with Gasteiger partial charge in [-0.1, -0.05) is 69.2 Å². The van der Waals surface area contributed by atoms with Crippen LogP contribution in [0.4, 0.5) is 0 Å². The van der Waals surface area contributed by atoms with Crippen molar-refractivity contribution in [3.63, 3.8) is 0 Å². The third-order valence-electron chi connectivity index (χ3n) is 10.5. The van der Waals surface area contributed by atoms with Crippen molar-refractivity contribution in [3.8, 4) is 0 Å². The van der Waals surface area contributed by atoms with Crippen LogP contribution in [0, 0.1) is 53.3 Å². The summed E-state index contributed by atoms with van der Waals surface area (Å²) in [6.07, 6.45) is 2.50. The second kappa shape index (κ2) is 13.1. The molecule has 2 heterocycles. The Morgan fingerprint density at radius 2 is 1.24 bits per heavy atom. The Morgan fingerprint density at radius 3 is 1.84 bits per heavy atom. The normalized spacial score (nSPS) is 49.3. The summed E-state index contributed by atoms with van der Waals surface area (Å²) in [7, 11) is 0. The molecular weight excluding hydrogens is 466 g/mol. The summed E-state index contributed by atoms with van der Waals surface area (Å²) in [5.74, 6) is 3.73. The first-order chi connectivity index (χ1) is 17.3. The van der Waals surface area contributed by atoms with Crippen LogP contribution in [0.3, 0.4) is 0 Å².